The summed E-state index contributed by atoms with van der Waals surface area (Å²) >= 11 is 0.886. The van der Waals surface area contributed by atoms with Crippen LogP contribution in [-0.2, 0) is 11.2 Å². The number of thioether (sulfide) groups is 1. The number of nitrogens with zero attached hydrogens (tertiary/aromatic N) is 3. The van der Waals surface area contributed by atoms with Crippen LogP contribution < -0.4 is 11.1 Å². The van der Waals surface area contributed by atoms with E-state index >= 15 is 0 Å². The second kappa shape index (κ2) is 8.60. The van der Waals surface area contributed by atoms with Gasteiger partial charge in [0.05, 0.1) is 22.9 Å². The summed E-state index contributed by atoms with van der Waals surface area (Å²) in [5.41, 5.74) is 6.64. The molecule has 2 aliphatic rings. The van der Waals surface area contributed by atoms with Gasteiger partial charge in [-0.1, -0.05) is 0 Å². The number of nitrogens with two attached hydrogens (primary N) is 1. The van der Waals surface area contributed by atoms with Crippen LogP contribution in [0.15, 0.2) is 45.0 Å². The Morgan fingerprint density at radius 2 is 2.14 bits per heavy atom. The minimum atomic E-state index is -0.382. The first-order chi connectivity index (χ1) is 14.1. The number of carbonyl (C=O) groups excluding carboxylic acids is 2. The van der Waals surface area contributed by atoms with Gasteiger partial charge in [0.1, 0.15) is 5.82 Å². The molecule has 4 rings (SSSR count). The molecular weight excluding hydrogens is 390 g/mol. The predicted molar refractivity (Wildman–Crippen MR) is 110 cm³/mol. The number of amides is 2. The lowest BCUT2D eigenvalue weighted by Crippen LogP contribution is -2.23. The fourth-order valence-corrected chi connectivity index (χ4v) is 4.24. The molecule has 1 saturated heterocycles. The Balaban J connectivity index is 1.34. The molecule has 0 radical (unpaired) electrons. The van der Waals surface area contributed by atoms with Gasteiger partial charge in [-0.3, -0.25) is 19.9 Å². The summed E-state index contributed by atoms with van der Waals surface area (Å²) in [6.45, 7) is 0. The number of nitrogens with one attached hydrogen (secondary N) is 1. The standard InChI is InChI=1S/C20H21N5O3S/c21-18(15-2-1-9-28-15)24-13-5-3-12(4-6-13)10-17-22-8-7-14(23-17)11-16-19(26)25-20(27)29-16/h1-2,7-9,11-13H,3-6,10H2,(H2,21,24)(H,25,26,27)/b16-11-. The van der Waals surface area contributed by atoms with E-state index in [1.807, 2.05) is 6.07 Å². The minimum absolute atomic E-state index is 0.212. The van der Waals surface area contributed by atoms with E-state index in [9.17, 15) is 9.59 Å². The first-order valence-corrected chi connectivity index (χ1v) is 10.3. The van der Waals surface area contributed by atoms with E-state index in [-0.39, 0.29) is 17.2 Å². The molecule has 9 heteroatoms. The summed E-state index contributed by atoms with van der Waals surface area (Å²) in [5, 5.41) is 1.88. The van der Waals surface area contributed by atoms with Crippen LogP contribution in [0.3, 0.4) is 0 Å². The molecule has 0 aromatic carbocycles. The normalized spacial score (nSPS) is 24.1. The zero-order valence-electron chi connectivity index (χ0n) is 15.7. The molecule has 150 valence electrons. The summed E-state index contributed by atoms with van der Waals surface area (Å²) in [6.07, 6.45) is 9.67. The molecule has 0 atom stereocenters. The van der Waals surface area contributed by atoms with Gasteiger partial charge in [-0.05, 0) is 67.6 Å². The van der Waals surface area contributed by atoms with Crippen molar-refractivity contribution in [1.82, 2.24) is 15.3 Å². The van der Waals surface area contributed by atoms with Crippen LogP contribution >= 0.6 is 11.8 Å². The van der Waals surface area contributed by atoms with Crippen LogP contribution in [-0.4, -0.2) is 33.0 Å². The number of aromatic nitrogens is 2. The van der Waals surface area contributed by atoms with E-state index in [1.54, 1.807) is 30.7 Å². The third kappa shape index (κ3) is 4.92. The molecule has 2 fully saturated rings. The Kier molecular flexibility index (Phi) is 5.75. The third-order valence-corrected chi connectivity index (χ3v) is 5.84. The van der Waals surface area contributed by atoms with Gasteiger partial charge in [0.15, 0.2) is 11.6 Å². The Labute approximate surface area is 172 Å². The van der Waals surface area contributed by atoms with Crippen LogP contribution in [0, 0.1) is 5.92 Å². The molecule has 1 aliphatic heterocycles. The lowest BCUT2D eigenvalue weighted by atomic mass is 9.84. The molecule has 8 nitrogen and oxygen atoms in total. The van der Waals surface area contributed by atoms with Crippen molar-refractivity contribution in [1.29, 1.82) is 0 Å². The maximum Gasteiger partial charge on any atom is 0.290 e. The molecule has 3 N–H and O–H groups in total. The van der Waals surface area contributed by atoms with E-state index < -0.39 is 0 Å². The Morgan fingerprint density at radius 1 is 1.31 bits per heavy atom. The average Bonchev–Trinajstić information content (AvgIpc) is 3.34. The number of hydrogen-bond donors (Lipinski definition) is 2. The Bertz CT molecular complexity index is 962. The van der Waals surface area contributed by atoms with Crippen LogP contribution in [0.5, 0.6) is 0 Å². The SMILES string of the molecule is NC(=NC1CCC(Cc2nccc(/C=C3\SC(=O)NC3=O)n2)CC1)c1ccco1. The Hall–Kier alpha value is -2.94. The summed E-state index contributed by atoms with van der Waals surface area (Å²) in [6, 6.07) is 5.56. The summed E-state index contributed by atoms with van der Waals surface area (Å²) in [5.74, 6) is 1.92. The molecule has 0 bridgehead atoms. The molecule has 0 unspecified atom stereocenters. The van der Waals surface area contributed by atoms with E-state index in [2.05, 4.69) is 20.3 Å². The highest BCUT2D eigenvalue weighted by Crippen LogP contribution is 2.29. The second-order valence-corrected chi connectivity index (χ2v) is 8.14. The van der Waals surface area contributed by atoms with Crippen molar-refractivity contribution >= 4 is 34.8 Å². The van der Waals surface area contributed by atoms with Gasteiger partial charge in [-0.15, -0.1) is 0 Å². The van der Waals surface area contributed by atoms with Gasteiger partial charge in [-0.25, -0.2) is 9.97 Å². The first kappa shape index (κ1) is 19.4. The van der Waals surface area contributed by atoms with E-state index in [0.717, 1.165) is 49.7 Å². The highest BCUT2D eigenvalue weighted by molar-refractivity contribution is 8.18. The number of aliphatic imine (C=N–C) groups is 1. The summed E-state index contributed by atoms with van der Waals surface area (Å²) in [4.78, 5) is 36.8. The summed E-state index contributed by atoms with van der Waals surface area (Å²) < 4.78 is 5.29. The topological polar surface area (TPSA) is 123 Å². The molecular formula is C20H21N5O3S. The zero-order chi connectivity index (χ0) is 20.2. The highest BCUT2D eigenvalue weighted by atomic mass is 32.2. The molecule has 29 heavy (non-hydrogen) atoms. The van der Waals surface area contributed by atoms with Crippen LogP contribution in [0.1, 0.15) is 43.0 Å². The van der Waals surface area contributed by atoms with Gasteiger partial charge >= 0.3 is 0 Å². The van der Waals surface area contributed by atoms with Crippen molar-refractivity contribution in [3.8, 4) is 0 Å². The summed E-state index contributed by atoms with van der Waals surface area (Å²) in [7, 11) is 0. The number of rotatable bonds is 5. The monoisotopic (exact) mass is 411 g/mol. The fourth-order valence-electron chi connectivity index (χ4n) is 3.57. The van der Waals surface area contributed by atoms with E-state index in [4.69, 9.17) is 10.2 Å². The fraction of sp³-hybridized carbons (Fsp3) is 0.350. The van der Waals surface area contributed by atoms with E-state index in [0.29, 0.717) is 28.1 Å². The number of imide groups is 1. The lowest BCUT2D eigenvalue weighted by Gasteiger charge is -2.26. The number of furan rings is 1. The molecule has 2 aromatic rings. The van der Waals surface area contributed by atoms with Crippen LogP contribution in [0.2, 0.25) is 0 Å². The Morgan fingerprint density at radius 3 is 2.83 bits per heavy atom. The maximum atomic E-state index is 11.7. The van der Waals surface area contributed by atoms with Gasteiger partial charge in [0.2, 0.25) is 0 Å². The average molecular weight is 411 g/mol. The third-order valence-electron chi connectivity index (χ3n) is 5.03. The van der Waals surface area contributed by atoms with Crippen molar-refractivity contribution < 1.29 is 14.0 Å². The van der Waals surface area contributed by atoms with Gasteiger partial charge in [0, 0.05) is 12.6 Å². The number of amidine groups is 1. The predicted octanol–water partition coefficient (Wildman–Crippen LogP) is 2.90. The van der Waals surface area contributed by atoms with Crippen molar-refractivity contribution in [3.05, 3.63) is 52.8 Å². The highest BCUT2D eigenvalue weighted by Gasteiger charge is 2.25. The minimum Gasteiger partial charge on any atom is -0.461 e. The second-order valence-electron chi connectivity index (χ2n) is 7.12. The largest absolute Gasteiger partial charge is 0.461 e. The smallest absolute Gasteiger partial charge is 0.290 e. The molecule has 1 aliphatic carbocycles. The zero-order valence-corrected chi connectivity index (χ0v) is 16.5. The number of carbonyl (C=O) groups is 2. The van der Waals surface area contributed by atoms with E-state index in [1.165, 1.54) is 0 Å². The van der Waals surface area contributed by atoms with Crippen molar-refractivity contribution in [3.63, 3.8) is 0 Å². The molecule has 3 heterocycles. The van der Waals surface area contributed by atoms with Gasteiger partial charge < -0.3 is 10.2 Å². The van der Waals surface area contributed by atoms with Gasteiger partial charge in [0.25, 0.3) is 11.1 Å². The molecule has 2 amide bonds. The molecule has 2 aromatic heterocycles. The maximum absolute atomic E-state index is 11.7. The van der Waals surface area contributed by atoms with Crippen LogP contribution in [0.4, 0.5) is 4.79 Å². The lowest BCUT2D eigenvalue weighted by molar-refractivity contribution is -0.115. The first-order valence-electron chi connectivity index (χ1n) is 9.51. The van der Waals surface area contributed by atoms with Crippen molar-refractivity contribution in [2.45, 2.75) is 38.1 Å². The van der Waals surface area contributed by atoms with Gasteiger partial charge in [-0.2, -0.15) is 0 Å². The number of hydrogen-bond acceptors (Lipinski definition) is 7. The van der Waals surface area contributed by atoms with Crippen LogP contribution in [0.25, 0.3) is 6.08 Å². The quantitative estimate of drug-likeness (QED) is 0.440. The van der Waals surface area contributed by atoms with Crippen molar-refractivity contribution in [2.75, 3.05) is 0 Å². The molecule has 1 saturated carbocycles. The molecule has 0 spiro atoms. The van der Waals surface area contributed by atoms with Crippen molar-refractivity contribution in [2.24, 2.45) is 16.6 Å².